The minimum Gasteiger partial charge on any atom is -0.359 e. The fourth-order valence-corrected chi connectivity index (χ4v) is 3.32. The number of rotatable bonds is 9. The Morgan fingerprint density at radius 3 is 2.60 bits per heavy atom. The Bertz CT molecular complexity index is 947. The largest absolute Gasteiger partial charge is 0.359 e. The predicted octanol–water partition coefficient (Wildman–Crippen LogP) is 3.36. The lowest BCUT2D eigenvalue weighted by molar-refractivity contribution is 0.376. The van der Waals surface area contributed by atoms with Crippen LogP contribution in [0.5, 0.6) is 0 Å². The normalized spacial score (nSPS) is 11.9. The first-order valence-corrected chi connectivity index (χ1v) is 11.1. The lowest BCUT2D eigenvalue weighted by atomic mass is 10.1. The van der Waals surface area contributed by atoms with Crippen molar-refractivity contribution in [3.05, 3.63) is 47.1 Å². The third-order valence-electron chi connectivity index (χ3n) is 4.01. The maximum absolute atomic E-state index is 13.6. The van der Waals surface area contributed by atoms with Gasteiger partial charge in [0.05, 0.1) is 17.1 Å². The Labute approximate surface area is 194 Å². The molecule has 1 heterocycles. The van der Waals surface area contributed by atoms with Crippen molar-refractivity contribution in [2.75, 3.05) is 23.6 Å². The van der Waals surface area contributed by atoms with Crippen LogP contribution in [0.4, 0.5) is 10.1 Å². The summed E-state index contributed by atoms with van der Waals surface area (Å²) in [5.41, 5.74) is 1.51. The van der Waals surface area contributed by atoms with Crippen molar-refractivity contribution in [1.29, 1.82) is 0 Å². The van der Waals surface area contributed by atoms with Crippen molar-refractivity contribution in [3.63, 3.8) is 0 Å². The molecule has 0 amide bonds. The molecule has 1 aromatic heterocycles. The molecular formula is C19H29FIN5O3S. The summed E-state index contributed by atoms with van der Waals surface area (Å²) in [6.45, 7) is 8.60. The Balaban J connectivity index is 0.00000450. The van der Waals surface area contributed by atoms with Crippen molar-refractivity contribution in [2.45, 2.75) is 40.2 Å². The molecule has 30 heavy (non-hydrogen) atoms. The van der Waals surface area contributed by atoms with Gasteiger partial charge in [0.1, 0.15) is 12.4 Å². The minimum atomic E-state index is -3.64. The number of benzene rings is 1. The molecule has 2 rings (SSSR count). The van der Waals surface area contributed by atoms with Crippen LogP contribution in [0.3, 0.4) is 0 Å². The number of nitrogens with zero attached hydrogens (tertiary/aromatic N) is 2. The molecule has 3 N–H and O–H groups in total. The molecule has 2 aromatic rings. The van der Waals surface area contributed by atoms with Crippen LogP contribution < -0.4 is 15.4 Å². The van der Waals surface area contributed by atoms with Gasteiger partial charge in [0, 0.05) is 19.2 Å². The highest BCUT2D eigenvalue weighted by Gasteiger charge is 2.12. The molecule has 168 valence electrons. The van der Waals surface area contributed by atoms with Gasteiger partial charge in [-0.1, -0.05) is 25.1 Å². The van der Waals surface area contributed by atoms with Crippen molar-refractivity contribution in [3.8, 4) is 0 Å². The number of sulfonamides is 1. The van der Waals surface area contributed by atoms with E-state index < -0.39 is 15.8 Å². The van der Waals surface area contributed by atoms with Gasteiger partial charge in [-0.25, -0.2) is 17.8 Å². The number of hydrogen-bond acceptors (Lipinski definition) is 5. The van der Waals surface area contributed by atoms with Crippen molar-refractivity contribution >= 4 is 45.6 Å². The number of aliphatic imine (C=N–C) groups is 1. The maximum atomic E-state index is 13.6. The van der Waals surface area contributed by atoms with E-state index in [4.69, 9.17) is 4.52 Å². The summed E-state index contributed by atoms with van der Waals surface area (Å²) in [6.07, 6.45) is 0. The summed E-state index contributed by atoms with van der Waals surface area (Å²) in [5, 5.41) is 10.00. The summed E-state index contributed by atoms with van der Waals surface area (Å²) in [4.78, 5) is 4.38. The molecule has 8 nitrogen and oxygen atoms in total. The van der Waals surface area contributed by atoms with Crippen LogP contribution in [0, 0.1) is 12.7 Å². The predicted molar refractivity (Wildman–Crippen MR) is 127 cm³/mol. The van der Waals surface area contributed by atoms with Crippen LogP contribution in [0.25, 0.3) is 0 Å². The number of aromatic nitrogens is 1. The lowest BCUT2D eigenvalue weighted by Gasteiger charge is -2.12. The summed E-state index contributed by atoms with van der Waals surface area (Å²) >= 11 is 0. The van der Waals surface area contributed by atoms with E-state index >= 15 is 0 Å². The second-order valence-electron chi connectivity index (χ2n) is 6.88. The summed E-state index contributed by atoms with van der Waals surface area (Å²) < 4.78 is 45.7. The molecule has 0 unspecified atom stereocenters. The van der Waals surface area contributed by atoms with Crippen LogP contribution in [-0.4, -0.2) is 38.4 Å². The fourth-order valence-electron chi connectivity index (χ4n) is 2.37. The average Bonchev–Trinajstić information content (AvgIpc) is 3.12. The lowest BCUT2D eigenvalue weighted by Crippen LogP contribution is -2.40. The highest BCUT2D eigenvalue weighted by Crippen LogP contribution is 2.15. The maximum Gasteiger partial charge on any atom is 0.234 e. The van der Waals surface area contributed by atoms with Crippen molar-refractivity contribution in [2.24, 2.45) is 4.99 Å². The molecule has 0 spiro atoms. The zero-order valence-corrected chi connectivity index (χ0v) is 20.7. The first-order chi connectivity index (χ1) is 13.7. The Morgan fingerprint density at radius 2 is 2.00 bits per heavy atom. The topological polar surface area (TPSA) is 109 Å². The molecule has 0 saturated heterocycles. The molecule has 1 aromatic carbocycles. The molecule has 0 fully saturated rings. The van der Waals surface area contributed by atoms with E-state index in [1.54, 1.807) is 6.92 Å². The quantitative estimate of drug-likeness (QED) is 0.250. The van der Waals surface area contributed by atoms with Crippen LogP contribution in [-0.2, 0) is 16.6 Å². The second-order valence-corrected chi connectivity index (χ2v) is 8.72. The zero-order valence-electron chi connectivity index (χ0n) is 17.5. The molecular weight excluding hydrogens is 524 g/mol. The van der Waals surface area contributed by atoms with Gasteiger partial charge in [-0.05, 0) is 37.5 Å². The summed E-state index contributed by atoms with van der Waals surface area (Å²) in [6, 6.07) is 6.06. The van der Waals surface area contributed by atoms with Gasteiger partial charge >= 0.3 is 0 Å². The third kappa shape index (κ3) is 8.46. The van der Waals surface area contributed by atoms with E-state index in [1.165, 1.54) is 12.1 Å². The first-order valence-electron chi connectivity index (χ1n) is 9.44. The van der Waals surface area contributed by atoms with Crippen molar-refractivity contribution in [1.82, 2.24) is 15.8 Å². The number of hydrogen-bond donors (Lipinski definition) is 3. The standard InChI is InChI=1S/C19H28FN5O3S.HI/c1-5-21-19(23-12-16-11-18(13(2)3)24-28-16)22-8-9-29(26,27)25-15-7-6-14(4)17(20)10-15;/h6-7,10-11,13,25H,5,8-9,12H2,1-4H3,(H2,21,22,23);1H. The zero-order chi connectivity index (χ0) is 21.4. The van der Waals surface area contributed by atoms with E-state index in [1.807, 2.05) is 26.8 Å². The van der Waals surface area contributed by atoms with Gasteiger partial charge in [0.25, 0.3) is 0 Å². The highest BCUT2D eigenvalue weighted by molar-refractivity contribution is 14.0. The van der Waals surface area contributed by atoms with E-state index in [0.29, 0.717) is 23.8 Å². The van der Waals surface area contributed by atoms with Gasteiger partial charge in [-0.2, -0.15) is 0 Å². The van der Waals surface area contributed by atoms with Crippen LogP contribution in [0.2, 0.25) is 0 Å². The third-order valence-corrected chi connectivity index (χ3v) is 5.30. The molecule has 0 aliphatic rings. The molecule has 11 heteroatoms. The van der Waals surface area contributed by atoms with Gasteiger partial charge in [0.2, 0.25) is 10.0 Å². The van der Waals surface area contributed by atoms with Crippen LogP contribution in [0.15, 0.2) is 33.8 Å². The molecule has 0 saturated carbocycles. The number of halogens is 2. The molecule has 0 atom stereocenters. The first kappa shape index (κ1) is 26.1. The van der Waals surface area contributed by atoms with E-state index in [2.05, 4.69) is 25.5 Å². The van der Waals surface area contributed by atoms with E-state index in [-0.39, 0.29) is 54.4 Å². The van der Waals surface area contributed by atoms with Gasteiger partial charge < -0.3 is 15.2 Å². The number of anilines is 1. The number of nitrogens with one attached hydrogen (secondary N) is 3. The average molecular weight is 553 g/mol. The minimum absolute atomic E-state index is 0. The van der Waals surface area contributed by atoms with Gasteiger partial charge in [-0.15, -0.1) is 24.0 Å². The van der Waals surface area contributed by atoms with E-state index in [0.717, 1.165) is 11.8 Å². The number of aryl methyl sites for hydroxylation is 1. The Kier molecular flexibility index (Phi) is 10.5. The summed E-state index contributed by atoms with van der Waals surface area (Å²) in [7, 11) is -3.64. The van der Waals surface area contributed by atoms with Crippen LogP contribution in [0.1, 0.15) is 43.7 Å². The molecule has 0 bridgehead atoms. The Morgan fingerprint density at radius 1 is 1.27 bits per heavy atom. The smallest absolute Gasteiger partial charge is 0.234 e. The van der Waals surface area contributed by atoms with E-state index in [9.17, 15) is 12.8 Å². The van der Waals surface area contributed by atoms with Crippen molar-refractivity contribution < 1.29 is 17.3 Å². The molecule has 0 radical (unpaired) electrons. The highest BCUT2D eigenvalue weighted by atomic mass is 127. The second kappa shape index (κ2) is 12.1. The number of guanidine groups is 1. The van der Waals surface area contributed by atoms with Gasteiger partial charge in [0.15, 0.2) is 11.7 Å². The van der Waals surface area contributed by atoms with Crippen LogP contribution >= 0.6 is 24.0 Å². The molecule has 0 aliphatic carbocycles. The monoisotopic (exact) mass is 553 g/mol. The Hall–Kier alpha value is -1.89. The van der Waals surface area contributed by atoms with Gasteiger partial charge in [-0.3, -0.25) is 4.72 Å². The SMILES string of the molecule is CCNC(=NCc1cc(C(C)C)no1)NCCS(=O)(=O)Nc1ccc(C)c(F)c1.I. The summed E-state index contributed by atoms with van der Waals surface area (Å²) in [5.74, 6) is 0.695. The fraction of sp³-hybridized carbons (Fsp3) is 0.474. The molecule has 0 aliphatic heterocycles.